The molecule has 6 aromatic carbocycles. The van der Waals surface area contributed by atoms with Crippen LogP contribution in [0.4, 0.5) is 17.1 Å². The van der Waals surface area contributed by atoms with E-state index in [1.807, 2.05) is 18.2 Å². The van der Waals surface area contributed by atoms with Crippen molar-refractivity contribution in [3.63, 3.8) is 0 Å². The predicted molar refractivity (Wildman–Crippen MR) is 162 cm³/mol. The van der Waals surface area contributed by atoms with Crippen LogP contribution in [0, 0.1) is 0 Å². The number of rotatable bonds is 5. The largest absolute Gasteiger partial charge is 0.399 e. The van der Waals surface area contributed by atoms with Gasteiger partial charge in [-0.3, -0.25) is 0 Å². The maximum atomic E-state index is 6.03. The molecule has 180 valence electrons. The molecule has 0 bridgehead atoms. The molecule has 0 amide bonds. The summed E-state index contributed by atoms with van der Waals surface area (Å²) in [5, 5.41) is 2.64. The molecule has 0 heterocycles. The quantitative estimate of drug-likeness (QED) is 0.262. The van der Waals surface area contributed by atoms with Crippen molar-refractivity contribution in [2.24, 2.45) is 5.73 Å². The average Bonchev–Trinajstić information content (AvgIpc) is 3.30. The first-order valence-corrected chi connectivity index (χ1v) is 12.8. The Labute approximate surface area is 222 Å². The van der Waals surface area contributed by atoms with Gasteiger partial charge < -0.3 is 10.6 Å². The Balaban J connectivity index is 1.34. The maximum absolute atomic E-state index is 6.03. The molecule has 2 N–H and O–H groups in total. The van der Waals surface area contributed by atoms with Gasteiger partial charge in [0, 0.05) is 22.8 Å². The lowest BCUT2D eigenvalue weighted by molar-refractivity contribution is 1.28. The third kappa shape index (κ3) is 3.50. The molecule has 0 unspecified atom stereocenters. The highest BCUT2D eigenvalue weighted by molar-refractivity contribution is 6.18. The SMILES string of the molecule is C=C(N)c1cccc(N(c2ccccc2)c2ccc(-c3ccc4c5c(cccc35)-c3ccccc3-4)cc2)c1. The van der Waals surface area contributed by atoms with Gasteiger partial charge in [-0.25, -0.2) is 0 Å². The molecule has 0 atom stereocenters. The highest BCUT2D eigenvalue weighted by Crippen LogP contribution is 2.49. The molecule has 1 aliphatic rings. The minimum atomic E-state index is 0.560. The number of nitrogens with zero attached hydrogens (tertiary/aromatic N) is 1. The molecule has 0 saturated heterocycles. The topological polar surface area (TPSA) is 29.3 Å². The summed E-state index contributed by atoms with van der Waals surface area (Å²) in [6, 6.07) is 47.4. The van der Waals surface area contributed by atoms with Crippen LogP contribution >= 0.6 is 0 Å². The zero-order chi connectivity index (χ0) is 25.6. The minimum absolute atomic E-state index is 0.560. The second-order valence-corrected chi connectivity index (χ2v) is 9.73. The molecule has 1 aliphatic carbocycles. The van der Waals surface area contributed by atoms with Gasteiger partial charge in [0.1, 0.15) is 0 Å². The van der Waals surface area contributed by atoms with E-state index >= 15 is 0 Å². The Kier molecular flexibility index (Phi) is 5.12. The van der Waals surface area contributed by atoms with E-state index in [0.29, 0.717) is 5.70 Å². The number of hydrogen-bond donors (Lipinski definition) is 1. The molecule has 38 heavy (non-hydrogen) atoms. The standard InChI is InChI=1S/C36H26N2/c1-24(37)26-9-7-12-29(23-26)38(27-10-3-2-4-11-27)28-19-17-25(18-20-28)30-21-22-35-32-14-6-5-13-31(32)34-16-8-15-33(30)36(34)35/h2-23H,1,37H2. The van der Waals surface area contributed by atoms with E-state index in [1.165, 1.54) is 44.2 Å². The molecule has 0 fully saturated rings. The van der Waals surface area contributed by atoms with Crippen LogP contribution in [0.2, 0.25) is 0 Å². The molecule has 2 nitrogen and oxygen atoms in total. The summed E-state index contributed by atoms with van der Waals surface area (Å²) >= 11 is 0. The van der Waals surface area contributed by atoms with Gasteiger partial charge in [0.15, 0.2) is 0 Å². The number of anilines is 3. The summed E-state index contributed by atoms with van der Waals surface area (Å²) in [5.74, 6) is 0. The Morgan fingerprint density at radius 3 is 1.82 bits per heavy atom. The number of benzene rings is 6. The lowest BCUT2D eigenvalue weighted by atomic mass is 9.94. The van der Waals surface area contributed by atoms with Crippen molar-refractivity contribution < 1.29 is 0 Å². The van der Waals surface area contributed by atoms with E-state index in [0.717, 1.165) is 22.6 Å². The van der Waals surface area contributed by atoms with Gasteiger partial charge in [-0.2, -0.15) is 0 Å². The van der Waals surface area contributed by atoms with Crippen LogP contribution in [0.3, 0.4) is 0 Å². The highest BCUT2D eigenvalue weighted by Gasteiger charge is 2.22. The number of fused-ring (bicyclic) bond motifs is 3. The molecule has 0 aliphatic heterocycles. The second kappa shape index (κ2) is 8.79. The van der Waals surface area contributed by atoms with E-state index in [9.17, 15) is 0 Å². The normalized spacial score (nSPS) is 11.4. The monoisotopic (exact) mass is 486 g/mol. The van der Waals surface area contributed by atoms with E-state index in [2.05, 4.69) is 127 Å². The molecule has 0 saturated carbocycles. The van der Waals surface area contributed by atoms with Gasteiger partial charge in [0.05, 0.1) is 0 Å². The molecule has 7 rings (SSSR count). The van der Waals surface area contributed by atoms with Gasteiger partial charge in [-0.1, -0.05) is 104 Å². The Morgan fingerprint density at radius 2 is 1.08 bits per heavy atom. The van der Waals surface area contributed by atoms with Crippen molar-refractivity contribution in [3.8, 4) is 33.4 Å². The molecule has 0 spiro atoms. The van der Waals surface area contributed by atoms with Crippen LogP contribution < -0.4 is 10.6 Å². The average molecular weight is 487 g/mol. The van der Waals surface area contributed by atoms with E-state index < -0.39 is 0 Å². The van der Waals surface area contributed by atoms with Crippen LogP contribution in [0.5, 0.6) is 0 Å². The zero-order valence-corrected chi connectivity index (χ0v) is 20.9. The first kappa shape index (κ1) is 22.1. The van der Waals surface area contributed by atoms with Gasteiger partial charge in [-0.15, -0.1) is 0 Å². The Bertz CT molecular complexity index is 1800. The van der Waals surface area contributed by atoms with Gasteiger partial charge >= 0.3 is 0 Å². The van der Waals surface area contributed by atoms with E-state index in [-0.39, 0.29) is 0 Å². The molecule has 0 aromatic heterocycles. The number of nitrogens with two attached hydrogens (primary N) is 1. The summed E-state index contributed by atoms with van der Waals surface area (Å²) in [6.07, 6.45) is 0. The number of para-hydroxylation sites is 1. The summed E-state index contributed by atoms with van der Waals surface area (Å²) in [7, 11) is 0. The first-order chi connectivity index (χ1) is 18.7. The first-order valence-electron chi connectivity index (χ1n) is 12.8. The van der Waals surface area contributed by atoms with Crippen LogP contribution in [0.25, 0.3) is 49.9 Å². The molecular formula is C36H26N2. The van der Waals surface area contributed by atoms with Crippen LogP contribution in [-0.2, 0) is 0 Å². The molecule has 2 heteroatoms. The third-order valence-corrected chi connectivity index (χ3v) is 7.47. The fourth-order valence-corrected chi connectivity index (χ4v) is 5.72. The second-order valence-electron chi connectivity index (χ2n) is 9.73. The lowest BCUT2D eigenvalue weighted by Gasteiger charge is -2.26. The fourth-order valence-electron chi connectivity index (χ4n) is 5.72. The Morgan fingerprint density at radius 1 is 0.500 bits per heavy atom. The van der Waals surface area contributed by atoms with Crippen molar-refractivity contribution in [2.75, 3.05) is 4.90 Å². The van der Waals surface area contributed by atoms with Crippen LogP contribution in [0.15, 0.2) is 140 Å². The number of hydrogen-bond acceptors (Lipinski definition) is 2. The summed E-state index contributed by atoms with van der Waals surface area (Å²) < 4.78 is 0. The third-order valence-electron chi connectivity index (χ3n) is 7.47. The van der Waals surface area contributed by atoms with Crippen LogP contribution in [-0.4, -0.2) is 0 Å². The van der Waals surface area contributed by atoms with Gasteiger partial charge in [-0.05, 0) is 86.1 Å². The van der Waals surface area contributed by atoms with Crippen LogP contribution in [0.1, 0.15) is 5.56 Å². The lowest BCUT2D eigenvalue weighted by Crippen LogP contribution is -2.10. The maximum Gasteiger partial charge on any atom is 0.0468 e. The van der Waals surface area contributed by atoms with Gasteiger partial charge in [0.2, 0.25) is 0 Å². The van der Waals surface area contributed by atoms with Gasteiger partial charge in [0.25, 0.3) is 0 Å². The van der Waals surface area contributed by atoms with Crippen molar-refractivity contribution in [1.82, 2.24) is 0 Å². The molecule has 6 aromatic rings. The predicted octanol–water partition coefficient (Wildman–Crippen LogP) is 9.55. The van der Waals surface area contributed by atoms with E-state index in [4.69, 9.17) is 5.73 Å². The summed E-state index contributed by atoms with van der Waals surface area (Å²) in [5.41, 5.74) is 18.5. The minimum Gasteiger partial charge on any atom is -0.399 e. The van der Waals surface area contributed by atoms with Crippen molar-refractivity contribution in [1.29, 1.82) is 0 Å². The summed E-state index contributed by atoms with van der Waals surface area (Å²) in [6.45, 7) is 3.93. The smallest absolute Gasteiger partial charge is 0.0468 e. The fraction of sp³-hybridized carbons (Fsp3) is 0. The van der Waals surface area contributed by atoms with Crippen molar-refractivity contribution in [2.45, 2.75) is 0 Å². The Hall–Kier alpha value is -5.08. The van der Waals surface area contributed by atoms with E-state index in [1.54, 1.807) is 0 Å². The molecular weight excluding hydrogens is 460 g/mol. The van der Waals surface area contributed by atoms with Crippen molar-refractivity contribution >= 4 is 33.5 Å². The zero-order valence-electron chi connectivity index (χ0n) is 20.9. The van der Waals surface area contributed by atoms with Crippen molar-refractivity contribution in [3.05, 3.63) is 146 Å². The molecule has 0 radical (unpaired) electrons. The summed E-state index contributed by atoms with van der Waals surface area (Å²) in [4.78, 5) is 2.25. The highest BCUT2D eigenvalue weighted by atomic mass is 15.1.